The maximum Gasteiger partial charge on any atom is 0.573 e. The summed E-state index contributed by atoms with van der Waals surface area (Å²) in [6.07, 6.45) is -4.82. The van der Waals surface area contributed by atoms with Gasteiger partial charge in [-0.3, -0.25) is 4.79 Å². The van der Waals surface area contributed by atoms with Gasteiger partial charge in [-0.2, -0.15) is 0 Å². The highest BCUT2D eigenvalue weighted by atomic mass is 19.4. The zero-order valence-corrected chi connectivity index (χ0v) is 7.68. The number of hydrogen-bond acceptors (Lipinski definition) is 2. The van der Waals surface area contributed by atoms with E-state index in [0.717, 1.165) is 12.1 Å². The molecule has 3 nitrogen and oxygen atoms in total. The summed E-state index contributed by atoms with van der Waals surface area (Å²) in [4.78, 5) is 11.1. The van der Waals surface area contributed by atoms with E-state index < -0.39 is 18.0 Å². The van der Waals surface area contributed by atoms with Crippen molar-refractivity contribution in [3.05, 3.63) is 29.8 Å². The van der Waals surface area contributed by atoms with Crippen molar-refractivity contribution in [2.24, 2.45) is 0 Å². The lowest BCUT2D eigenvalue weighted by atomic mass is 10.2. The molecule has 1 amide bonds. The van der Waals surface area contributed by atoms with Gasteiger partial charge in [-0.05, 0) is 18.2 Å². The first-order chi connectivity index (χ1) is 6.94. The molecule has 0 aliphatic heterocycles. The number of nitrogens with one attached hydrogen (secondary N) is 1. The lowest BCUT2D eigenvalue weighted by molar-refractivity contribution is -0.274. The Morgan fingerprint density at radius 1 is 1.53 bits per heavy atom. The number of halogens is 3. The number of ether oxygens (including phenoxy) is 1. The van der Waals surface area contributed by atoms with Crippen LogP contribution in [0.4, 0.5) is 13.2 Å². The fourth-order valence-corrected chi connectivity index (χ4v) is 0.942. The van der Waals surface area contributed by atoms with E-state index in [1.807, 2.05) is 0 Å². The Hall–Kier alpha value is -1.72. The van der Waals surface area contributed by atoms with E-state index in [1.165, 1.54) is 13.1 Å². The Balaban J connectivity index is 3.02. The summed E-state index contributed by atoms with van der Waals surface area (Å²) in [7, 11) is 1.31. The average molecular weight is 218 g/mol. The SMILES string of the molecule is CNC(=O)c1c[c]ccc1OC(F)(F)F. The van der Waals surface area contributed by atoms with Crippen LogP contribution in [0.3, 0.4) is 0 Å². The summed E-state index contributed by atoms with van der Waals surface area (Å²) in [6, 6.07) is 5.87. The molecule has 0 heterocycles. The smallest absolute Gasteiger partial charge is 0.405 e. The quantitative estimate of drug-likeness (QED) is 0.821. The molecule has 1 radical (unpaired) electrons. The molecule has 6 heteroatoms. The van der Waals surface area contributed by atoms with Crippen LogP contribution >= 0.6 is 0 Å². The Labute approximate surface area is 83.8 Å². The molecule has 1 N–H and O–H groups in total. The molecule has 1 aromatic rings. The molecular weight excluding hydrogens is 211 g/mol. The summed E-state index contributed by atoms with van der Waals surface area (Å²) in [6.45, 7) is 0. The van der Waals surface area contributed by atoms with Crippen LogP contribution in [0, 0.1) is 6.07 Å². The number of amides is 1. The van der Waals surface area contributed by atoms with Crippen molar-refractivity contribution in [1.82, 2.24) is 5.32 Å². The number of hydrogen-bond donors (Lipinski definition) is 1. The second-order valence-corrected chi connectivity index (χ2v) is 2.55. The maximum atomic E-state index is 11.9. The van der Waals surface area contributed by atoms with E-state index in [2.05, 4.69) is 16.1 Å². The van der Waals surface area contributed by atoms with Gasteiger partial charge < -0.3 is 10.1 Å². The van der Waals surface area contributed by atoms with Crippen LogP contribution in [-0.4, -0.2) is 19.3 Å². The number of benzene rings is 1. The topological polar surface area (TPSA) is 38.3 Å². The lowest BCUT2D eigenvalue weighted by Crippen LogP contribution is -2.22. The second-order valence-electron chi connectivity index (χ2n) is 2.55. The third-order valence-electron chi connectivity index (χ3n) is 1.52. The van der Waals surface area contributed by atoms with Crippen molar-refractivity contribution in [1.29, 1.82) is 0 Å². The van der Waals surface area contributed by atoms with Crippen molar-refractivity contribution in [2.75, 3.05) is 7.05 Å². The normalized spacial score (nSPS) is 10.9. The van der Waals surface area contributed by atoms with Crippen LogP contribution in [0.2, 0.25) is 0 Å². The Bertz CT molecular complexity index is 363. The summed E-state index contributed by atoms with van der Waals surface area (Å²) < 4.78 is 39.4. The predicted octanol–water partition coefficient (Wildman–Crippen LogP) is 1.74. The van der Waals surface area contributed by atoms with E-state index in [-0.39, 0.29) is 5.56 Å². The zero-order valence-electron chi connectivity index (χ0n) is 7.68. The minimum absolute atomic E-state index is 0.211. The number of carbonyl (C=O) groups is 1. The molecule has 15 heavy (non-hydrogen) atoms. The third-order valence-corrected chi connectivity index (χ3v) is 1.52. The van der Waals surface area contributed by atoms with Crippen LogP contribution in [0.25, 0.3) is 0 Å². The third kappa shape index (κ3) is 3.16. The van der Waals surface area contributed by atoms with Crippen molar-refractivity contribution < 1.29 is 22.7 Å². The first-order valence-corrected chi connectivity index (χ1v) is 3.92. The van der Waals surface area contributed by atoms with Crippen molar-refractivity contribution in [2.45, 2.75) is 6.36 Å². The highest BCUT2D eigenvalue weighted by molar-refractivity contribution is 5.96. The fraction of sp³-hybridized carbons (Fsp3) is 0.222. The van der Waals surface area contributed by atoms with Crippen LogP contribution in [0.1, 0.15) is 10.4 Å². The monoisotopic (exact) mass is 218 g/mol. The van der Waals surface area contributed by atoms with Crippen LogP contribution < -0.4 is 10.1 Å². The van der Waals surface area contributed by atoms with Crippen LogP contribution in [0.15, 0.2) is 18.2 Å². The van der Waals surface area contributed by atoms with E-state index in [9.17, 15) is 18.0 Å². The maximum absolute atomic E-state index is 11.9. The largest absolute Gasteiger partial charge is 0.573 e. The molecular formula is C9H7F3NO2. The van der Waals surface area contributed by atoms with Crippen molar-refractivity contribution in [3.63, 3.8) is 0 Å². The van der Waals surface area contributed by atoms with Gasteiger partial charge in [0.15, 0.2) is 0 Å². The molecule has 0 fully saturated rings. The summed E-state index contributed by atoms with van der Waals surface area (Å²) in [5.41, 5.74) is -0.211. The van der Waals surface area contributed by atoms with E-state index >= 15 is 0 Å². The molecule has 0 spiro atoms. The van der Waals surface area contributed by atoms with Crippen molar-refractivity contribution in [3.8, 4) is 5.75 Å². The Morgan fingerprint density at radius 2 is 2.20 bits per heavy atom. The van der Waals surface area contributed by atoms with Gasteiger partial charge in [0.1, 0.15) is 5.75 Å². The van der Waals surface area contributed by atoms with Gasteiger partial charge >= 0.3 is 6.36 Å². The van der Waals surface area contributed by atoms with E-state index in [1.54, 1.807) is 0 Å². The lowest BCUT2D eigenvalue weighted by Gasteiger charge is -2.11. The number of rotatable bonds is 2. The molecule has 0 saturated heterocycles. The first kappa shape index (κ1) is 11.4. The van der Waals surface area contributed by atoms with Gasteiger partial charge in [-0.15, -0.1) is 13.2 Å². The number of alkyl halides is 3. The molecule has 0 aromatic heterocycles. The first-order valence-electron chi connectivity index (χ1n) is 3.92. The van der Waals surface area contributed by atoms with Crippen LogP contribution in [0.5, 0.6) is 5.75 Å². The summed E-state index contributed by atoms with van der Waals surface area (Å²) in [5, 5.41) is 2.20. The molecule has 0 atom stereocenters. The van der Waals surface area contributed by atoms with Gasteiger partial charge in [-0.25, -0.2) is 0 Å². The molecule has 81 valence electrons. The molecule has 0 aliphatic carbocycles. The van der Waals surface area contributed by atoms with Crippen molar-refractivity contribution >= 4 is 5.91 Å². The summed E-state index contributed by atoms with van der Waals surface area (Å²) >= 11 is 0. The van der Waals surface area contributed by atoms with E-state index in [4.69, 9.17) is 0 Å². The molecule has 0 unspecified atom stereocenters. The zero-order chi connectivity index (χ0) is 11.5. The van der Waals surface area contributed by atoms with Gasteiger partial charge in [0.2, 0.25) is 0 Å². The van der Waals surface area contributed by atoms with Gasteiger partial charge in [0, 0.05) is 7.05 Å². The Morgan fingerprint density at radius 3 is 2.73 bits per heavy atom. The molecule has 0 aliphatic rings. The predicted molar refractivity (Wildman–Crippen MR) is 45.4 cm³/mol. The van der Waals surface area contributed by atoms with Gasteiger partial charge in [0.25, 0.3) is 5.91 Å². The average Bonchev–Trinajstić information content (AvgIpc) is 2.15. The summed E-state index contributed by atoms with van der Waals surface area (Å²) in [5.74, 6) is -1.20. The van der Waals surface area contributed by atoms with Gasteiger partial charge in [0.05, 0.1) is 5.56 Å². The molecule has 0 bridgehead atoms. The minimum atomic E-state index is -4.82. The number of carbonyl (C=O) groups excluding carboxylic acids is 1. The van der Waals surface area contributed by atoms with Gasteiger partial charge in [-0.1, -0.05) is 6.07 Å². The minimum Gasteiger partial charge on any atom is -0.405 e. The molecule has 0 saturated carbocycles. The second kappa shape index (κ2) is 4.20. The standard InChI is InChI=1S/C9H7F3NO2/c1-13-8(14)6-4-2-3-5-7(6)15-9(10,11)12/h3-5H,1H3,(H,13,14). The highest BCUT2D eigenvalue weighted by Gasteiger charge is 2.32. The fourth-order valence-electron chi connectivity index (χ4n) is 0.942. The van der Waals surface area contributed by atoms with Crippen LogP contribution in [-0.2, 0) is 0 Å². The molecule has 1 aromatic carbocycles. The van der Waals surface area contributed by atoms with E-state index in [0.29, 0.717) is 0 Å². The highest BCUT2D eigenvalue weighted by Crippen LogP contribution is 2.25. The Kier molecular flexibility index (Phi) is 3.18. The molecule has 1 rings (SSSR count).